The fourth-order valence-electron chi connectivity index (χ4n) is 10.6. The highest BCUT2D eigenvalue weighted by atomic mass is 19.4. The van der Waals surface area contributed by atoms with Crippen LogP contribution < -0.4 is 28.9 Å². The fraction of sp³-hybridized carbons (Fsp3) is 0.460. The molecule has 1 unspecified atom stereocenters. The highest BCUT2D eigenvalue weighted by Crippen LogP contribution is 2.52. The number of aliphatic carboxylic acids is 1. The molecule has 3 saturated heterocycles. The Kier molecular flexibility index (Phi) is 13.0. The van der Waals surface area contributed by atoms with Crippen molar-refractivity contribution in [3.63, 3.8) is 0 Å². The van der Waals surface area contributed by atoms with E-state index in [1.807, 2.05) is 0 Å². The molecule has 23 heteroatoms. The summed E-state index contributed by atoms with van der Waals surface area (Å²) in [6.07, 6.45) is -14.9. The predicted octanol–water partition coefficient (Wildman–Crippen LogP) is 9.22. The number of halogens is 8. The molecule has 3 aromatic carbocycles. The minimum absolute atomic E-state index is 0.0139. The number of carbonyl (C=O) groups is 2. The second-order valence-corrected chi connectivity index (χ2v) is 19.7. The third kappa shape index (κ3) is 9.28. The van der Waals surface area contributed by atoms with Crippen LogP contribution >= 0.6 is 0 Å². The number of carboxylic acids is 1. The molecule has 15 nitrogen and oxygen atoms in total. The van der Waals surface area contributed by atoms with Crippen molar-refractivity contribution >= 4 is 40.4 Å². The molecule has 2 bridgehead atoms. The Labute approximate surface area is 413 Å². The number of methoxy groups -OCH3 is 2. The third-order valence-corrected chi connectivity index (χ3v) is 14.0. The normalized spacial score (nSPS) is 21.5. The zero-order chi connectivity index (χ0) is 52.7. The highest BCUT2D eigenvalue weighted by Gasteiger charge is 2.61. The van der Waals surface area contributed by atoms with Gasteiger partial charge in [0.2, 0.25) is 17.9 Å². The number of pyridine rings is 1. The molecular weight excluding hydrogens is 979 g/mol. The summed E-state index contributed by atoms with van der Waals surface area (Å²) in [5.41, 5.74) is -7.81. The fourth-order valence-corrected chi connectivity index (χ4v) is 10.6. The van der Waals surface area contributed by atoms with Gasteiger partial charge in [0.1, 0.15) is 45.3 Å². The number of nitrogens with zero attached hydrogens (tertiary/aromatic N) is 7. The molecule has 0 saturated carbocycles. The van der Waals surface area contributed by atoms with Crippen LogP contribution in [0.3, 0.4) is 0 Å². The van der Waals surface area contributed by atoms with Crippen molar-refractivity contribution in [3.8, 4) is 28.6 Å². The van der Waals surface area contributed by atoms with Crippen LogP contribution in [0.1, 0.15) is 68.7 Å². The van der Waals surface area contributed by atoms with E-state index >= 15 is 35.1 Å². The van der Waals surface area contributed by atoms with Crippen LogP contribution in [0.2, 0.25) is 0 Å². The summed E-state index contributed by atoms with van der Waals surface area (Å²) in [5, 5.41) is 19.9. The van der Waals surface area contributed by atoms with Gasteiger partial charge in [-0.3, -0.25) is 9.69 Å². The van der Waals surface area contributed by atoms with Crippen LogP contribution in [-0.2, 0) is 28.8 Å². The minimum Gasteiger partial charge on any atom is -0.497 e. The number of aromatic nitrogens is 3. The number of fused-ring (bicyclic) bond motifs is 5. The first-order valence-electron chi connectivity index (χ1n) is 23.3. The zero-order valence-electron chi connectivity index (χ0n) is 40.4. The van der Waals surface area contributed by atoms with Gasteiger partial charge in [0.05, 0.1) is 62.2 Å². The number of aliphatic hydroxyl groups excluding tert-OH is 1. The van der Waals surface area contributed by atoms with Gasteiger partial charge in [0, 0.05) is 31.7 Å². The predicted molar refractivity (Wildman–Crippen MR) is 249 cm³/mol. The number of carboxylic acid groups (broad SMARTS) is 1. The number of alkyl halides is 6. The number of aliphatic hydroxyl groups is 1. The van der Waals surface area contributed by atoms with Gasteiger partial charge in [-0.2, -0.15) is 31.3 Å². The number of anilines is 3. The molecular formula is C50H51F8N7O8. The first kappa shape index (κ1) is 51.0. The molecule has 73 heavy (non-hydrogen) atoms. The molecule has 2 N–H and O–H groups in total. The Hall–Kier alpha value is -6.91. The van der Waals surface area contributed by atoms with E-state index in [1.54, 1.807) is 69.3 Å². The van der Waals surface area contributed by atoms with E-state index in [2.05, 4.69) is 15.0 Å². The second-order valence-electron chi connectivity index (χ2n) is 19.7. The third-order valence-electron chi connectivity index (χ3n) is 14.0. The Balaban J connectivity index is 1.30. The number of hydrogen-bond acceptors (Lipinski definition) is 13. The van der Waals surface area contributed by atoms with Crippen molar-refractivity contribution in [2.75, 3.05) is 48.6 Å². The van der Waals surface area contributed by atoms with Crippen molar-refractivity contribution in [2.24, 2.45) is 0 Å². The van der Waals surface area contributed by atoms with Crippen LogP contribution in [-0.4, -0.2) is 118 Å². The van der Waals surface area contributed by atoms with Crippen LogP contribution in [0.4, 0.5) is 57.4 Å². The van der Waals surface area contributed by atoms with Gasteiger partial charge < -0.3 is 43.9 Å². The highest BCUT2D eigenvalue weighted by molar-refractivity contribution is 5.98. The summed E-state index contributed by atoms with van der Waals surface area (Å²) < 4.78 is 151. The standard InChI is InChI=1S/C50H51F8N7O8/c1-25-36(49(53,54)55)31(19-33(37(25)51)62(21-26-7-12-29(70-5)13-8-26)22-27-9-14-30(71-6)15-10-27)39-38(52)40-35-43(61-45(60-40)64-18-17-48(64,24-66)20-34(67)68)63-23-28-11-16-32(65(28)46(69)73-47(2,3)4)41(63)42(50(56,57)58)72-44(35)59-39/h7-10,12-15,19,28,32,41-42,66H,11,16-18,20-24H2,1-6H3,(H,67,68)/t28-,32+,41+,42-,48?/m1/s1. The van der Waals surface area contributed by atoms with Crippen molar-refractivity contribution < 1.29 is 73.9 Å². The van der Waals surface area contributed by atoms with Crippen molar-refractivity contribution in [1.29, 1.82) is 0 Å². The Bertz CT molecular complexity index is 2900. The summed E-state index contributed by atoms with van der Waals surface area (Å²) in [4.78, 5) is 44.3. The Morgan fingerprint density at radius 2 is 1.51 bits per heavy atom. The van der Waals surface area contributed by atoms with Gasteiger partial charge in [-0.15, -0.1) is 0 Å². The van der Waals surface area contributed by atoms with E-state index in [9.17, 15) is 19.8 Å². The summed E-state index contributed by atoms with van der Waals surface area (Å²) in [6, 6.07) is 9.97. The molecule has 0 radical (unpaired) electrons. The number of ether oxygens (including phenoxy) is 4. The van der Waals surface area contributed by atoms with E-state index in [0.717, 1.165) is 13.0 Å². The molecule has 5 aromatic rings. The molecule has 9 rings (SSSR count). The van der Waals surface area contributed by atoms with Gasteiger partial charge in [0.15, 0.2) is 5.82 Å². The van der Waals surface area contributed by atoms with Crippen LogP contribution in [0, 0.1) is 18.6 Å². The molecule has 3 fully saturated rings. The van der Waals surface area contributed by atoms with Crippen molar-refractivity contribution in [3.05, 3.63) is 88.5 Å². The smallest absolute Gasteiger partial charge is 0.427 e. The van der Waals surface area contributed by atoms with Gasteiger partial charge in [0.25, 0.3) is 0 Å². The number of hydrogen-bond donors (Lipinski definition) is 2. The second kappa shape index (κ2) is 18.5. The number of piperazine rings is 1. The molecule has 0 aliphatic carbocycles. The lowest BCUT2D eigenvalue weighted by Crippen LogP contribution is -2.68. The van der Waals surface area contributed by atoms with Crippen LogP contribution in [0.15, 0.2) is 54.6 Å². The van der Waals surface area contributed by atoms with Gasteiger partial charge in [-0.25, -0.2) is 23.5 Å². The maximum atomic E-state index is 18.1. The first-order chi connectivity index (χ1) is 34.4. The molecule has 2 aromatic heterocycles. The lowest BCUT2D eigenvalue weighted by molar-refractivity contribution is -0.206. The monoisotopic (exact) mass is 1030 g/mol. The maximum Gasteiger partial charge on any atom is 0.427 e. The molecule has 1 amide bonds. The van der Waals surface area contributed by atoms with Gasteiger partial charge >= 0.3 is 24.4 Å². The van der Waals surface area contributed by atoms with E-state index in [1.165, 1.54) is 33.8 Å². The summed E-state index contributed by atoms with van der Waals surface area (Å²) in [7, 11) is 2.90. The molecule has 6 heterocycles. The molecule has 4 aliphatic heterocycles. The summed E-state index contributed by atoms with van der Waals surface area (Å²) >= 11 is 0. The summed E-state index contributed by atoms with van der Waals surface area (Å²) in [5.74, 6) is -5.18. The number of benzene rings is 3. The quantitative estimate of drug-likeness (QED) is 0.114. The molecule has 0 spiro atoms. The lowest BCUT2D eigenvalue weighted by Gasteiger charge is -2.51. The van der Waals surface area contributed by atoms with Crippen LogP contribution in [0.5, 0.6) is 17.4 Å². The Morgan fingerprint density at radius 3 is 2.01 bits per heavy atom. The largest absolute Gasteiger partial charge is 0.497 e. The SMILES string of the molecule is COc1ccc(CN(Cc2ccc(OC)cc2)c2cc(-c3nc4c5c(nc(N6CCC6(CO)CC(=O)O)nc5c3F)N3C[C@H]5CC[C@@H]([C@H]3[C@H](C(F)(F)F)O4)N5C(=O)OC(C)(C)C)c(C(F)(F)F)c(C)c2F)cc1. The number of amides is 1. The molecule has 4 aliphatic rings. The first-order valence-corrected chi connectivity index (χ1v) is 23.3. The zero-order valence-corrected chi connectivity index (χ0v) is 40.4. The average molecular weight is 1030 g/mol. The van der Waals surface area contributed by atoms with Gasteiger partial charge in [-0.1, -0.05) is 24.3 Å². The maximum absolute atomic E-state index is 18.1. The average Bonchev–Trinajstić information content (AvgIpc) is 3.55. The topological polar surface area (TPSA) is 163 Å². The minimum atomic E-state index is -5.43. The van der Waals surface area contributed by atoms with Crippen LogP contribution in [0.25, 0.3) is 22.2 Å². The van der Waals surface area contributed by atoms with E-state index in [4.69, 9.17) is 18.9 Å². The van der Waals surface area contributed by atoms with E-state index in [0.29, 0.717) is 22.6 Å². The summed E-state index contributed by atoms with van der Waals surface area (Å²) in [6.45, 7) is 4.20. The number of rotatable bonds is 12. The number of carbonyl (C=O) groups excluding carboxylic acids is 1. The molecule has 390 valence electrons. The molecule has 5 atom stereocenters. The van der Waals surface area contributed by atoms with Crippen molar-refractivity contribution in [1.82, 2.24) is 19.9 Å². The van der Waals surface area contributed by atoms with E-state index in [-0.39, 0.29) is 45.4 Å². The van der Waals surface area contributed by atoms with Gasteiger partial charge in [-0.05, 0) is 94.0 Å². The van der Waals surface area contributed by atoms with Crippen molar-refractivity contribution in [2.45, 2.75) is 114 Å². The lowest BCUT2D eigenvalue weighted by atomic mass is 9.82. The van der Waals surface area contributed by atoms with E-state index < -0.39 is 141 Å². The Morgan fingerprint density at radius 1 is 0.890 bits per heavy atom.